The summed E-state index contributed by atoms with van der Waals surface area (Å²) in [5.74, 6) is 0.0625. The van der Waals surface area contributed by atoms with Gasteiger partial charge in [0, 0.05) is 25.6 Å². The van der Waals surface area contributed by atoms with E-state index in [4.69, 9.17) is 5.26 Å². The number of rotatable bonds is 5. The zero-order valence-electron chi connectivity index (χ0n) is 14.5. The highest BCUT2D eigenvalue weighted by atomic mass is 16.2. The maximum absolute atomic E-state index is 12.7. The van der Waals surface area contributed by atoms with Crippen LogP contribution < -0.4 is 0 Å². The molecule has 2 rings (SSSR count). The molecule has 1 fully saturated rings. The van der Waals surface area contributed by atoms with Crippen molar-refractivity contribution in [2.24, 2.45) is 0 Å². The summed E-state index contributed by atoms with van der Waals surface area (Å²) in [6.07, 6.45) is 3.49. The van der Waals surface area contributed by atoms with Crippen molar-refractivity contribution in [1.82, 2.24) is 9.80 Å². The van der Waals surface area contributed by atoms with Crippen LogP contribution in [0.1, 0.15) is 50.7 Å². The molecule has 1 aromatic carbocycles. The standard InChI is InChI=1S/C19H25N3O2/c1-15(2)22(13-17-9-7-16(12-20)8-10-17)19(24)14-21-11-5-3-4-6-18(21)23/h7-10,15H,3-6,11,13-14H2,1-2H3. The minimum absolute atomic E-state index is 0.0235. The van der Waals surface area contributed by atoms with Gasteiger partial charge in [-0.3, -0.25) is 9.59 Å². The Morgan fingerprint density at radius 3 is 2.58 bits per heavy atom. The molecule has 1 aromatic rings. The Balaban J connectivity index is 2.04. The van der Waals surface area contributed by atoms with E-state index in [2.05, 4.69) is 6.07 Å². The number of nitriles is 1. The van der Waals surface area contributed by atoms with Gasteiger partial charge in [0.1, 0.15) is 0 Å². The molecule has 128 valence electrons. The first kappa shape index (κ1) is 18.0. The molecule has 0 atom stereocenters. The van der Waals surface area contributed by atoms with Crippen LogP contribution in [0.25, 0.3) is 0 Å². The quantitative estimate of drug-likeness (QED) is 0.835. The maximum Gasteiger partial charge on any atom is 0.242 e. The van der Waals surface area contributed by atoms with Crippen LogP contribution in [0.15, 0.2) is 24.3 Å². The van der Waals surface area contributed by atoms with E-state index in [1.807, 2.05) is 26.0 Å². The molecule has 0 saturated carbocycles. The summed E-state index contributed by atoms with van der Waals surface area (Å²) >= 11 is 0. The van der Waals surface area contributed by atoms with E-state index in [0.717, 1.165) is 24.8 Å². The zero-order chi connectivity index (χ0) is 17.5. The van der Waals surface area contributed by atoms with Gasteiger partial charge >= 0.3 is 0 Å². The number of carbonyl (C=O) groups excluding carboxylic acids is 2. The summed E-state index contributed by atoms with van der Waals surface area (Å²) in [5, 5.41) is 8.86. The maximum atomic E-state index is 12.7. The van der Waals surface area contributed by atoms with Crippen molar-refractivity contribution in [1.29, 1.82) is 5.26 Å². The molecule has 0 N–H and O–H groups in total. The SMILES string of the molecule is CC(C)N(Cc1ccc(C#N)cc1)C(=O)CN1CCCCCC1=O. The molecule has 24 heavy (non-hydrogen) atoms. The second-order valence-electron chi connectivity index (χ2n) is 6.55. The van der Waals surface area contributed by atoms with Gasteiger partial charge in [-0.1, -0.05) is 18.6 Å². The summed E-state index contributed by atoms with van der Waals surface area (Å²) < 4.78 is 0. The molecule has 1 aliphatic heterocycles. The van der Waals surface area contributed by atoms with Crippen molar-refractivity contribution in [2.45, 2.75) is 52.1 Å². The summed E-state index contributed by atoms with van der Waals surface area (Å²) in [6.45, 7) is 5.28. The summed E-state index contributed by atoms with van der Waals surface area (Å²) in [7, 11) is 0. The van der Waals surface area contributed by atoms with Crippen molar-refractivity contribution >= 4 is 11.8 Å². The lowest BCUT2D eigenvalue weighted by atomic mass is 10.1. The number of likely N-dealkylation sites (tertiary alicyclic amines) is 1. The van der Waals surface area contributed by atoms with Crippen molar-refractivity contribution in [3.63, 3.8) is 0 Å². The lowest BCUT2D eigenvalue weighted by Gasteiger charge is -2.30. The van der Waals surface area contributed by atoms with Gasteiger partial charge < -0.3 is 9.80 Å². The van der Waals surface area contributed by atoms with Crippen LogP contribution in [0.4, 0.5) is 0 Å². The smallest absolute Gasteiger partial charge is 0.242 e. The van der Waals surface area contributed by atoms with Crippen LogP contribution in [0.5, 0.6) is 0 Å². The van der Waals surface area contributed by atoms with E-state index in [0.29, 0.717) is 25.1 Å². The highest BCUT2D eigenvalue weighted by molar-refractivity contribution is 5.85. The second kappa shape index (κ2) is 8.49. The first-order chi connectivity index (χ1) is 11.5. The molecule has 2 amide bonds. The van der Waals surface area contributed by atoms with Gasteiger partial charge in [0.05, 0.1) is 18.2 Å². The zero-order valence-corrected chi connectivity index (χ0v) is 14.5. The monoisotopic (exact) mass is 327 g/mol. The topological polar surface area (TPSA) is 64.4 Å². The Labute approximate surface area is 143 Å². The van der Waals surface area contributed by atoms with Gasteiger partial charge in [-0.2, -0.15) is 5.26 Å². The van der Waals surface area contributed by atoms with Crippen molar-refractivity contribution in [3.05, 3.63) is 35.4 Å². The first-order valence-corrected chi connectivity index (χ1v) is 8.57. The van der Waals surface area contributed by atoms with Crippen LogP contribution in [-0.2, 0) is 16.1 Å². The highest BCUT2D eigenvalue weighted by Crippen LogP contribution is 2.14. The average Bonchev–Trinajstić information content (AvgIpc) is 2.77. The Bertz CT molecular complexity index is 616. The molecular formula is C19H25N3O2. The van der Waals surface area contributed by atoms with E-state index in [-0.39, 0.29) is 24.4 Å². The number of benzene rings is 1. The average molecular weight is 327 g/mol. The van der Waals surface area contributed by atoms with Crippen LogP contribution in [-0.4, -0.2) is 40.7 Å². The molecule has 0 spiro atoms. The van der Waals surface area contributed by atoms with Gasteiger partial charge in [-0.05, 0) is 44.4 Å². The van der Waals surface area contributed by atoms with Crippen LogP contribution in [0.3, 0.4) is 0 Å². The van der Waals surface area contributed by atoms with E-state index in [9.17, 15) is 9.59 Å². The van der Waals surface area contributed by atoms with E-state index < -0.39 is 0 Å². The number of nitrogens with zero attached hydrogens (tertiary/aromatic N) is 3. The summed E-state index contributed by atoms with van der Waals surface area (Å²) in [4.78, 5) is 28.3. The first-order valence-electron chi connectivity index (χ1n) is 8.57. The number of amides is 2. The van der Waals surface area contributed by atoms with Crippen LogP contribution in [0.2, 0.25) is 0 Å². The van der Waals surface area contributed by atoms with Crippen molar-refractivity contribution in [3.8, 4) is 6.07 Å². The molecule has 0 bridgehead atoms. The second-order valence-corrected chi connectivity index (χ2v) is 6.55. The minimum atomic E-state index is -0.0235. The number of hydrogen-bond acceptors (Lipinski definition) is 3. The third-order valence-corrected chi connectivity index (χ3v) is 4.38. The van der Waals surface area contributed by atoms with Crippen LogP contribution in [0, 0.1) is 11.3 Å². The summed E-state index contributed by atoms with van der Waals surface area (Å²) in [5.41, 5.74) is 1.59. The fraction of sp³-hybridized carbons (Fsp3) is 0.526. The normalized spacial score (nSPS) is 15.1. The Morgan fingerprint density at radius 2 is 1.96 bits per heavy atom. The number of carbonyl (C=O) groups is 2. The molecule has 0 radical (unpaired) electrons. The van der Waals surface area contributed by atoms with E-state index in [1.54, 1.807) is 21.9 Å². The molecule has 1 heterocycles. The molecule has 0 aliphatic carbocycles. The van der Waals surface area contributed by atoms with Gasteiger partial charge in [0.2, 0.25) is 11.8 Å². The summed E-state index contributed by atoms with van der Waals surface area (Å²) in [6, 6.07) is 9.41. The molecule has 0 unspecified atom stereocenters. The van der Waals surface area contributed by atoms with Gasteiger partial charge in [-0.25, -0.2) is 0 Å². The molecular weight excluding hydrogens is 302 g/mol. The molecule has 5 heteroatoms. The molecule has 0 aromatic heterocycles. The molecule has 5 nitrogen and oxygen atoms in total. The molecule has 1 aliphatic rings. The van der Waals surface area contributed by atoms with Gasteiger partial charge in [0.25, 0.3) is 0 Å². The van der Waals surface area contributed by atoms with Crippen molar-refractivity contribution < 1.29 is 9.59 Å². The lowest BCUT2D eigenvalue weighted by molar-refractivity contribution is -0.141. The minimum Gasteiger partial charge on any atom is -0.334 e. The highest BCUT2D eigenvalue weighted by Gasteiger charge is 2.24. The van der Waals surface area contributed by atoms with Crippen molar-refractivity contribution in [2.75, 3.05) is 13.1 Å². The van der Waals surface area contributed by atoms with Gasteiger partial charge in [-0.15, -0.1) is 0 Å². The van der Waals surface area contributed by atoms with E-state index >= 15 is 0 Å². The Morgan fingerprint density at radius 1 is 1.25 bits per heavy atom. The largest absolute Gasteiger partial charge is 0.334 e. The lowest BCUT2D eigenvalue weighted by Crippen LogP contribution is -2.45. The fourth-order valence-corrected chi connectivity index (χ4v) is 2.90. The van der Waals surface area contributed by atoms with Gasteiger partial charge in [0.15, 0.2) is 0 Å². The van der Waals surface area contributed by atoms with E-state index in [1.165, 1.54) is 0 Å². The molecule has 1 saturated heterocycles. The Hall–Kier alpha value is -2.35. The predicted octanol–water partition coefficient (Wildman–Crippen LogP) is 2.70. The fourth-order valence-electron chi connectivity index (χ4n) is 2.90. The third-order valence-electron chi connectivity index (χ3n) is 4.38. The Kier molecular flexibility index (Phi) is 6.36. The predicted molar refractivity (Wildman–Crippen MR) is 91.9 cm³/mol. The third kappa shape index (κ3) is 4.82. The number of hydrogen-bond donors (Lipinski definition) is 0. The van der Waals surface area contributed by atoms with Crippen LogP contribution >= 0.6 is 0 Å².